The Morgan fingerprint density at radius 2 is 1.64 bits per heavy atom. The molecule has 0 fully saturated rings. The number of nitrogens with zero attached hydrogens (tertiary/aromatic N) is 3. The van der Waals surface area contributed by atoms with Crippen molar-refractivity contribution in [3.05, 3.63) is 58.3 Å². The van der Waals surface area contributed by atoms with Crippen LogP contribution in [0.1, 0.15) is 25.1 Å². The van der Waals surface area contributed by atoms with Gasteiger partial charge in [-0.2, -0.15) is 0 Å². The minimum atomic E-state index is -0.359. The first kappa shape index (κ1) is 18.8. The molecule has 0 saturated carbocycles. The fourth-order valence-corrected chi connectivity index (χ4v) is 3.57. The molecular weight excluding hydrogens is 397 g/mol. The molecule has 1 aliphatic rings. The number of hydrogen-bond acceptors (Lipinski definition) is 3. The number of hydrogen-bond donors (Lipinski definition) is 2. The first-order valence-corrected chi connectivity index (χ1v) is 9.91. The predicted octanol–water partition coefficient (Wildman–Crippen LogP) is 5.62. The SMILES string of the molecule is O=C(Nc1ccc(-c2nnc3n2CCCCC3)cc1)Nc1ccc(Cl)c(Cl)c1. The number of halogens is 2. The van der Waals surface area contributed by atoms with Gasteiger partial charge in [0.1, 0.15) is 5.82 Å². The number of benzene rings is 2. The van der Waals surface area contributed by atoms with Gasteiger partial charge >= 0.3 is 6.03 Å². The van der Waals surface area contributed by atoms with E-state index in [9.17, 15) is 4.79 Å². The Bertz CT molecular complexity index is 1000. The number of carbonyl (C=O) groups is 1. The van der Waals surface area contributed by atoms with Crippen molar-refractivity contribution in [2.45, 2.75) is 32.2 Å². The van der Waals surface area contributed by atoms with E-state index in [4.69, 9.17) is 23.2 Å². The first-order chi connectivity index (χ1) is 13.6. The van der Waals surface area contributed by atoms with Crippen LogP contribution in [-0.2, 0) is 13.0 Å². The van der Waals surface area contributed by atoms with Gasteiger partial charge in [-0.1, -0.05) is 29.6 Å². The Morgan fingerprint density at radius 3 is 2.43 bits per heavy atom. The van der Waals surface area contributed by atoms with Crippen LogP contribution in [-0.4, -0.2) is 20.8 Å². The van der Waals surface area contributed by atoms with Gasteiger partial charge in [-0.15, -0.1) is 10.2 Å². The van der Waals surface area contributed by atoms with Gasteiger partial charge in [0.05, 0.1) is 10.0 Å². The topological polar surface area (TPSA) is 71.8 Å². The van der Waals surface area contributed by atoms with Gasteiger partial charge in [0.2, 0.25) is 0 Å². The van der Waals surface area contributed by atoms with Crippen molar-refractivity contribution in [1.29, 1.82) is 0 Å². The van der Waals surface area contributed by atoms with E-state index in [1.807, 2.05) is 24.3 Å². The lowest BCUT2D eigenvalue weighted by molar-refractivity contribution is 0.262. The lowest BCUT2D eigenvalue weighted by atomic mass is 10.2. The Labute approximate surface area is 172 Å². The molecule has 1 aromatic heterocycles. The number of aromatic nitrogens is 3. The van der Waals surface area contributed by atoms with Crippen molar-refractivity contribution < 1.29 is 4.79 Å². The zero-order valence-corrected chi connectivity index (χ0v) is 16.6. The molecule has 6 nitrogen and oxygen atoms in total. The molecule has 0 aliphatic carbocycles. The Balaban J connectivity index is 1.44. The highest BCUT2D eigenvalue weighted by molar-refractivity contribution is 6.42. The minimum absolute atomic E-state index is 0.359. The van der Waals surface area contributed by atoms with Crippen molar-refractivity contribution >= 4 is 40.6 Å². The van der Waals surface area contributed by atoms with E-state index >= 15 is 0 Å². The third-order valence-electron chi connectivity index (χ3n) is 4.69. The number of rotatable bonds is 3. The van der Waals surface area contributed by atoms with Crippen LogP contribution in [0.25, 0.3) is 11.4 Å². The minimum Gasteiger partial charge on any atom is -0.311 e. The summed E-state index contributed by atoms with van der Waals surface area (Å²) in [5, 5.41) is 15.1. The van der Waals surface area contributed by atoms with Crippen LogP contribution >= 0.6 is 23.2 Å². The number of anilines is 2. The fourth-order valence-electron chi connectivity index (χ4n) is 3.27. The van der Waals surface area contributed by atoms with Crippen LogP contribution in [0.2, 0.25) is 10.0 Å². The number of amides is 2. The van der Waals surface area contributed by atoms with E-state index in [2.05, 4.69) is 25.4 Å². The number of aryl methyl sites for hydroxylation is 1. The summed E-state index contributed by atoms with van der Waals surface area (Å²) in [6.07, 6.45) is 4.50. The third-order valence-corrected chi connectivity index (χ3v) is 5.43. The lowest BCUT2D eigenvalue weighted by Crippen LogP contribution is -2.19. The highest BCUT2D eigenvalue weighted by Crippen LogP contribution is 2.26. The second kappa shape index (κ2) is 8.20. The van der Waals surface area contributed by atoms with Crippen molar-refractivity contribution in [3.8, 4) is 11.4 Å². The molecule has 0 spiro atoms. The van der Waals surface area contributed by atoms with Gasteiger partial charge in [-0.25, -0.2) is 4.79 Å². The number of urea groups is 1. The van der Waals surface area contributed by atoms with Gasteiger partial charge in [-0.05, 0) is 55.3 Å². The molecule has 2 aromatic carbocycles. The summed E-state index contributed by atoms with van der Waals surface area (Å²) in [7, 11) is 0. The third kappa shape index (κ3) is 4.13. The first-order valence-electron chi connectivity index (χ1n) is 9.16. The molecule has 0 bridgehead atoms. The van der Waals surface area contributed by atoms with Crippen LogP contribution in [0.3, 0.4) is 0 Å². The molecule has 2 heterocycles. The summed E-state index contributed by atoms with van der Waals surface area (Å²) in [4.78, 5) is 12.2. The van der Waals surface area contributed by atoms with Crippen molar-refractivity contribution in [2.75, 3.05) is 10.6 Å². The smallest absolute Gasteiger partial charge is 0.311 e. The maximum Gasteiger partial charge on any atom is 0.323 e. The highest BCUT2D eigenvalue weighted by atomic mass is 35.5. The zero-order valence-electron chi connectivity index (χ0n) is 15.1. The summed E-state index contributed by atoms with van der Waals surface area (Å²) in [5.74, 6) is 1.93. The van der Waals surface area contributed by atoms with E-state index < -0.39 is 0 Å². The molecule has 0 radical (unpaired) electrons. The molecule has 144 valence electrons. The predicted molar refractivity (Wildman–Crippen MR) is 112 cm³/mol. The van der Waals surface area contributed by atoms with Gasteiger partial charge in [0.15, 0.2) is 5.82 Å². The highest BCUT2D eigenvalue weighted by Gasteiger charge is 2.16. The van der Waals surface area contributed by atoms with Crippen LogP contribution in [0.15, 0.2) is 42.5 Å². The van der Waals surface area contributed by atoms with Gasteiger partial charge in [0, 0.05) is 29.9 Å². The molecule has 4 rings (SSSR count). The molecule has 2 amide bonds. The van der Waals surface area contributed by atoms with Crippen molar-refractivity contribution in [3.63, 3.8) is 0 Å². The summed E-state index contributed by atoms with van der Waals surface area (Å²) >= 11 is 11.9. The lowest BCUT2D eigenvalue weighted by Gasteiger charge is -2.10. The van der Waals surface area contributed by atoms with Crippen LogP contribution in [0.5, 0.6) is 0 Å². The van der Waals surface area contributed by atoms with Gasteiger partial charge in [-0.3, -0.25) is 0 Å². The quantitative estimate of drug-likeness (QED) is 0.582. The molecule has 8 heteroatoms. The second-order valence-corrected chi connectivity index (χ2v) is 7.50. The van der Waals surface area contributed by atoms with Gasteiger partial charge < -0.3 is 15.2 Å². The molecule has 1 aliphatic heterocycles. The number of fused-ring (bicyclic) bond motifs is 1. The van der Waals surface area contributed by atoms with E-state index in [1.165, 1.54) is 6.42 Å². The molecule has 3 aromatic rings. The summed E-state index contributed by atoms with van der Waals surface area (Å²) in [5.41, 5.74) is 2.22. The summed E-state index contributed by atoms with van der Waals surface area (Å²) in [6, 6.07) is 12.1. The Hall–Kier alpha value is -2.57. The molecule has 0 saturated heterocycles. The molecular formula is C20H19Cl2N5O. The number of nitrogens with one attached hydrogen (secondary N) is 2. The zero-order chi connectivity index (χ0) is 19.5. The standard InChI is InChI=1S/C20H19Cl2N5O/c21-16-10-9-15(12-17(16)22)24-20(28)23-14-7-5-13(6-8-14)19-26-25-18-4-2-1-3-11-27(18)19/h5-10,12H,1-4,11H2,(H2,23,24,28). The van der Waals surface area contributed by atoms with Crippen LogP contribution in [0, 0.1) is 0 Å². The maximum absolute atomic E-state index is 12.2. The molecule has 0 unspecified atom stereocenters. The second-order valence-electron chi connectivity index (χ2n) is 6.69. The van der Waals surface area contributed by atoms with Crippen LogP contribution < -0.4 is 10.6 Å². The molecule has 2 N–H and O–H groups in total. The normalized spacial score (nSPS) is 13.5. The van der Waals surface area contributed by atoms with Crippen molar-refractivity contribution in [1.82, 2.24) is 14.8 Å². The fraction of sp³-hybridized carbons (Fsp3) is 0.250. The maximum atomic E-state index is 12.2. The van der Waals surface area contributed by atoms with Crippen molar-refractivity contribution in [2.24, 2.45) is 0 Å². The van der Waals surface area contributed by atoms with E-state index in [-0.39, 0.29) is 6.03 Å². The summed E-state index contributed by atoms with van der Waals surface area (Å²) in [6.45, 7) is 0.948. The molecule has 28 heavy (non-hydrogen) atoms. The van der Waals surface area contributed by atoms with E-state index in [1.54, 1.807) is 18.2 Å². The molecule has 0 atom stereocenters. The van der Waals surface area contributed by atoms with E-state index in [0.717, 1.165) is 43.0 Å². The average molecular weight is 416 g/mol. The average Bonchev–Trinajstić information content (AvgIpc) is 2.93. The van der Waals surface area contributed by atoms with Crippen LogP contribution in [0.4, 0.5) is 16.2 Å². The Kier molecular flexibility index (Phi) is 5.50. The monoisotopic (exact) mass is 415 g/mol. The van der Waals surface area contributed by atoms with E-state index in [0.29, 0.717) is 21.4 Å². The summed E-state index contributed by atoms with van der Waals surface area (Å²) < 4.78 is 2.20. The Morgan fingerprint density at radius 1 is 0.893 bits per heavy atom. The number of carbonyl (C=O) groups excluding carboxylic acids is 1. The van der Waals surface area contributed by atoms with Gasteiger partial charge in [0.25, 0.3) is 0 Å². The largest absolute Gasteiger partial charge is 0.323 e.